The van der Waals surface area contributed by atoms with E-state index in [2.05, 4.69) is 43.2 Å². The number of ether oxygens (including phenoxy) is 1. The van der Waals surface area contributed by atoms with Gasteiger partial charge >= 0.3 is 6.09 Å². The minimum absolute atomic E-state index is 0.0188. The number of nitriles is 1. The Morgan fingerprint density at radius 1 is 1.08 bits per heavy atom. The van der Waals surface area contributed by atoms with Crippen molar-refractivity contribution < 1.29 is 9.53 Å². The predicted molar refractivity (Wildman–Crippen MR) is 155 cm³/mol. The summed E-state index contributed by atoms with van der Waals surface area (Å²) in [6, 6.07) is 23.9. The zero-order chi connectivity index (χ0) is 27.7. The number of nitrogens with one attached hydrogen (secondary N) is 1. The molecule has 39 heavy (non-hydrogen) atoms. The second-order valence-electron chi connectivity index (χ2n) is 10.7. The Hall–Kier alpha value is -3.85. The summed E-state index contributed by atoms with van der Waals surface area (Å²) in [5.41, 5.74) is 7.13. The van der Waals surface area contributed by atoms with Crippen molar-refractivity contribution in [3.8, 4) is 17.2 Å². The van der Waals surface area contributed by atoms with Gasteiger partial charge in [-0.05, 0) is 57.3 Å². The summed E-state index contributed by atoms with van der Waals surface area (Å²) >= 11 is 12.5. The fourth-order valence-electron chi connectivity index (χ4n) is 4.98. The van der Waals surface area contributed by atoms with Gasteiger partial charge in [-0.15, -0.1) is 0 Å². The van der Waals surface area contributed by atoms with E-state index < -0.39 is 6.09 Å². The smallest absolute Gasteiger partial charge is 0.413 e. The number of nitrogens with zero attached hydrogens (tertiary/aromatic N) is 2. The minimum atomic E-state index is -0.670. The van der Waals surface area contributed by atoms with Crippen molar-refractivity contribution in [2.45, 2.75) is 45.1 Å². The standard InChI is InChI=1S/C32H27Cl2N3O2/c1-32(2,3)22-11-8-19(9-12-22)18-39-31(38)37-30-26(16-35)29-21(17-36-30)14-25(23-6-4-5-7-24(23)29)20-10-13-27(33)28(34)15-20/h4-13,15,17,25H,14,18H2,1-3H3,(H,36,37,38). The summed E-state index contributed by atoms with van der Waals surface area (Å²) in [5.74, 6) is 0.192. The van der Waals surface area contributed by atoms with Crippen LogP contribution in [0.4, 0.5) is 10.6 Å². The average molecular weight is 556 g/mol. The Morgan fingerprint density at radius 2 is 1.82 bits per heavy atom. The molecule has 3 aromatic carbocycles. The third-order valence-corrected chi connectivity index (χ3v) is 7.79. The largest absolute Gasteiger partial charge is 0.444 e. The molecule has 1 atom stereocenters. The monoisotopic (exact) mass is 555 g/mol. The normalized spacial score (nSPS) is 14.1. The first-order valence-electron chi connectivity index (χ1n) is 12.6. The molecule has 0 radical (unpaired) electrons. The summed E-state index contributed by atoms with van der Waals surface area (Å²) in [7, 11) is 0. The molecule has 4 aromatic rings. The molecule has 1 unspecified atom stereocenters. The van der Waals surface area contributed by atoms with Gasteiger partial charge in [-0.1, -0.05) is 98.6 Å². The SMILES string of the molecule is CC(C)(C)c1ccc(COC(=O)Nc2ncc3c(c2C#N)-c2ccccc2C(c2ccc(Cl)c(Cl)c2)C3)cc1. The summed E-state index contributed by atoms with van der Waals surface area (Å²) in [6.45, 7) is 6.56. The van der Waals surface area contributed by atoms with Crippen molar-refractivity contribution in [2.24, 2.45) is 0 Å². The van der Waals surface area contributed by atoms with Gasteiger partial charge in [0.25, 0.3) is 0 Å². The number of carbonyl (C=O) groups is 1. The highest BCUT2D eigenvalue weighted by atomic mass is 35.5. The number of benzene rings is 3. The van der Waals surface area contributed by atoms with Crippen LogP contribution in [0.1, 0.15) is 60.1 Å². The van der Waals surface area contributed by atoms with Crippen LogP contribution in [0.3, 0.4) is 0 Å². The van der Waals surface area contributed by atoms with E-state index in [4.69, 9.17) is 27.9 Å². The van der Waals surface area contributed by atoms with Crippen molar-refractivity contribution in [3.63, 3.8) is 0 Å². The lowest BCUT2D eigenvalue weighted by atomic mass is 9.75. The minimum Gasteiger partial charge on any atom is -0.444 e. The number of carbonyl (C=O) groups excluding carboxylic acids is 1. The molecule has 0 fully saturated rings. The molecule has 5 rings (SSSR count). The van der Waals surface area contributed by atoms with Crippen LogP contribution in [0.25, 0.3) is 11.1 Å². The molecule has 0 aliphatic heterocycles. The second-order valence-corrected chi connectivity index (χ2v) is 11.5. The lowest BCUT2D eigenvalue weighted by molar-refractivity contribution is 0.155. The molecule has 1 aliphatic rings. The van der Waals surface area contributed by atoms with Crippen LogP contribution >= 0.6 is 23.2 Å². The van der Waals surface area contributed by atoms with Gasteiger partial charge in [-0.25, -0.2) is 9.78 Å². The first-order valence-corrected chi connectivity index (χ1v) is 13.4. The Labute approximate surface area is 238 Å². The van der Waals surface area contributed by atoms with Crippen LogP contribution < -0.4 is 5.32 Å². The van der Waals surface area contributed by atoms with Crippen molar-refractivity contribution >= 4 is 35.1 Å². The Morgan fingerprint density at radius 3 is 2.51 bits per heavy atom. The van der Waals surface area contributed by atoms with Gasteiger partial charge in [0, 0.05) is 17.7 Å². The highest BCUT2D eigenvalue weighted by molar-refractivity contribution is 6.42. The molecule has 0 saturated carbocycles. The zero-order valence-electron chi connectivity index (χ0n) is 21.9. The van der Waals surface area contributed by atoms with E-state index in [-0.39, 0.29) is 23.8 Å². The van der Waals surface area contributed by atoms with Gasteiger partial charge < -0.3 is 4.74 Å². The topological polar surface area (TPSA) is 75.0 Å². The fourth-order valence-corrected chi connectivity index (χ4v) is 5.29. The van der Waals surface area contributed by atoms with Crippen molar-refractivity contribution in [3.05, 3.63) is 116 Å². The number of pyridine rings is 1. The highest BCUT2D eigenvalue weighted by Gasteiger charge is 2.30. The lowest BCUT2D eigenvalue weighted by Gasteiger charge is -2.29. The molecule has 1 N–H and O–H groups in total. The van der Waals surface area contributed by atoms with Crippen molar-refractivity contribution in [1.82, 2.24) is 4.98 Å². The highest BCUT2D eigenvalue weighted by Crippen LogP contribution is 2.45. The van der Waals surface area contributed by atoms with Gasteiger partial charge in [0.1, 0.15) is 18.2 Å². The number of aromatic nitrogens is 1. The molecule has 0 spiro atoms. The third kappa shape index (κ3) is 5.49. The molecule has 0 saturated heterocycles. The van der Waals surface area contributed by atoms with Gasteiger partial charge in [-0.3, -0.25) is 5.32 Å². The van der Waals surface area contributed by atoms with Crippen LogP contribution in [0.2, 0.25) is 10.0 Å². The molecule has 0 bridgehead atoms. The van der Waals surface area contributed by atoms with Gasteiger partial charge in [0.2, 0.25) is 0 Å². The number of anilines is 1. The number of amides is 1. The second kappa shape index (κ2) is 10.7. The van der Waals surface area contributed by atoms with E-state index in [1.165, 1.54) is 5.56 Å². The molecule has 1 heterocycles. The fraction of sp³-hybridized carbons (Fsp3) is 0.219. The molecule has 196 valence electrons. The van der Waals surface area contributed by atoms with Crippen LogP contribution in [-0.2, 0) is 23.2 Å². The third-order valence-electron chi connectivity index (χ3n) is 7.06. The Balaban J connectivity index is 1.40. The van der Waals surface area contributed by atoms with Crippen LogP contribution in [0.5, 0.6) is 0 Å². The van der Waals surface area contributed by atoms with E-state index in [0.717, 1.165) is 33.4 Å². The molecule has 1 aromatic heterocycles. The molecule has 1 aliphatic carbocycles. The molecule has 5 nitrogen and oxygen atoms in total. The van der Waals surface area contributed by atoms with Crippen LogP contribution in [-0.4, -0.2) is 11.1 Å². The Kier molecular flexibility index (Phi) is 7.36. The number of rotatable bonds is 4. The maximum Gasteiger partial charge on any atom is 0.413 e. The van der Waals surface area contributed by atoms with Crippen molar-refractivity contribution in [2.75, 3.05) is 5.32 Å². The van der Waals surface area contributed by atoms with E-state index in [0.29, 0.717) is 22.0 Å². The van der Waals surface area contributed by atoms with E-state index >= 15 is 0 Å². The van der Waals surface area contributed by atoms with Crippen LogP contribution in [0.15, 0.2) is 72.9 Å². The van der Waals surface area contributed by atoms with Crippen molar-refractivity contribution in [1.29, 1.82) is 5.26 Å². The molecular weight excluding hydrogens is 529 g/mol. The number of halogens is 2. The maximum atomic E-state index is 12.7. The van der Waals surface area contributed by atoms with Gasteiger partial charge in [0.15, 0.2) is 5.82 Å². The summed E-state index contributed by atoms with van der Waals surface area (Å²) < 4.78 is 5.44. The first kappa shape index (κ1) is 26.7. The number of hydrogen-bond donors (Lipinski definition) is 1. The summed E-state index contributed by atoms with van der Waals surface area (Å²) in [6.07, 6.45) is 1.68. The number of fused-ring (bicyclic) bond motifs is 3. The summed E-state index contributed by atoms with van der Waals surface area (Å²) in [5, 5.41) is 13.8. The molecule has 1 amide bonds. The maximum absolute atomic E-state index is 12.7. The number of hydrogen-bond acceptors (Lipinski definition) is 4. The van der Waals surface area contributed by atoms with Gasteiger partial charge in [0.05, 0.1) is 10.0 Å². The Bertz CT molecular complexity index is 1600. The van der Waals surface area contributed by atoms with Crippen LogP contribution in [0, 0.1) is 11.3 Å². The van der Waals surface area contributed by atoms with E-state index in [1.54, 1.807) is 12.3 Å². The average Bonchev–Trinajstić information content (AvgIpc) is 2.92. The predicted octanol–water partition coefficient (Wildman–Crippen LogP) is 8.66. The van der Waals surface area contributed by atoms with Gasteiger partial charge in [-0.2, -0.15) is 5.26 Å². The zero-order valence-corrected chi connectivity index (χ0v) is 23.4. The quantitative estimate of drug-likeness (QED) is 0.273. The summed E-state index contributed by atoms with van der Waals surface area (Å²) in [4.78, 5) is 17.1. The molecule has 7 heteroatoms. The van der Waals surface area contributed by atoms with E-state index in [9.17, 15) is 10.1 Å². The molecular formula is C32H27Cl2N3O2. The first-order chi connectivity index (χ1) is 18.7. The lowest BCUT2D eigenvalue weighted by Crippen LogP contribution is -2.18. The van der Waals surface area contributed by atoms with E-state index in [1.807, 2.05) is 54.6 Å².